The van der Waals surface area contributed by atoms with Crippen LogP contribution in [0.5, 0.6) is 5.75 Å². The molecule has 0 bridgehead atoms. The van der Waals surface area contributed by atoms with E-state index < -0.39 is 0 Å². The minimum Gasteiger partial charge on any atom is -0.497 e. The minimum absolute atomic E-state index is 0.0193. The third-order valence-corrected chi connectivity index (χ3v) is 2.77. The molecule has 0 radical (unpaired) electrons. The summed E-state index contributed by atoms with van der Waals surface area (Å²) in [5, 5.41) is 2.88. The van der Waals surface area contributed by atoms with Gasteiger partial charge in [-0.2, -0.15) is 0 Å². The van der Waals surface area contributed by atoms with Gasteiger partial charge >= 0.3 is 0 Å². The Labute approximate surface area is 102 Å². The van der Waals surface area contributed by atoms with Gasteiger partial charge in [-0.3, -0.25) is 4.79 Å². The molecule has 4 nitrogen and oxygen atoms in total. The number of benzene rings is 1. The predicted molar refractivity (Wildman–Crippen MR) is 67.7 cm³/mol. The molecule has 0 fully saturated rings. The molecule has 0 spiro atoms. The Morgan fingerprint density at radius 2 is 2.06 bits per heavy atom. The zero-order valence-electron chi connectivity index (χ0n) is 10.4. The van der Waals surface area contributed by atoms with Gasteiger partial charge in [0.1, 0.15) is 5.75 Å². The molecule has 1 rings (SSSR count). The van der Waals surface area contributed by atoms with E-state index in [1.165, 1.54) is 0 Å². The van der Waals surface area contributed by atoms with E-state index in [0.29, 0.717) is 13.1 Å². The highest BCUT2D eigenvalue weighted by Gasteiger charge is 2.13. The molecule has 94 valence electrons. The van der Waals surface area contributed by atoms with Crippen molar-refractivity contribution in [2.45, 2.75) is 19.9 Å². The number of ether oxygens (including phenoxy) is 1. The Hall–Kier alpha value is -1.55. The van der Waals surface area contributed by atoms with E-state index >= 15 is 0 Å². The maximum absolute atomic E-state index is 11.7. The quantitative estimate of drug-likeness (QED) is 0.782. The van der Waals surface area contributed by atoms with Gasteiger partial charge in [0.05, 0.1) is 7.11 Å². The van der Waals surface area contributed by atoms with Crippen LogP contribution in [-0.2, 0) is 11.3 Å². The molecule has 1 atom stereocenters. The van der Waals surface area contributed by atoms with Gasteiger partial charge in [0.25, 0.3) is 0 Å². The van der Waals surface area contributed by atoms with Crippen LogP contribution >= 0.6 is 0 Å². The fourth-order valence-electron chi connectivity index (χ4n) is 1.54. The van der Waals surface area contributed by atoms with Gasteiger partial charge in [0, 0.05) is 19.0 Å². The van der Waals surface area contributed by atoms with Gasteiger partial charge < -0.3 is 15.8 Å². The van der Waals surface area contributed by atoms with Crippen molar-refractivity contribution in [1.29, 1.82) is 0 Å². The Balaban J connectivity index is 2.46. The molecule has 17 heavy (non-hydrogen) atoms. The molecule has 1 amide bonds. The highest BCUT2D eigenvalue weighted by molar-refractivity contribution is 5.78. The molecule has 0 aliphatic heterocycles. The summed E-state index contributed by atoms with van der Waals surface area (Å²) in [6, 6.07) is 7.62. The Morgan fingerprint density at radius 3 is 2.53 bits per heavy atom. The number of carbonyl (C=O) groups excluding carboxylic acids is 1. The largest absolute Gasteiger partial charge is 0.497 e. The van der Waals surface area contributed by atoms with Gasteiger partial charge in [-0.1, -0.05) is 19.1 Å². The van der Waals surface area contributed by atoms with Gasteiger partial charge in [0.15, 0.2) is 0 Å². The van der Waals surface area contributed by atoms with E-state index in [4.69, 9.17) is 10.5 Å². The lowest BCUT2D eigenvalue weighted by atomic mass is 10.1. The standard InChI is InChI=1S/C13H20N2O2/c1-3-11(8-14)13(16)15-9-10-4-6-12(17-2)7-5-10/h4-7,11H,3,8-9,14H2,1-2H3,(H,15,16). The van der Waals surface area contributed by atoms with Crippen molar-refractivity contribution in [3.05, 3.63) is 29.8 Å². The van der Waals surface area contributed by atoms with Crippen LogP contribution in [0.1, 0.15) is 18.9 Å². The average Bonchev–Trinajstić information content (AvgIpc) is 2.38. The number of hydrogen-bond acceptors (Lipinski definition) is 3. The fraction of sp³-hybridized carbons (Fsp3) is 0.462. The summed E-state index contributed by atoms with van der Waals surface area (Å²) in [5.41, 5.74) is 6.56. The minimum atomic E-state index is -0.0896. The number of hydrogen-bond donors (Lipinski definition) is 2. The van der Waals surface area contributed by atoms with Crippen molar-refractivity contribution in [3.8, 4) is 5.75 Å². The van der Waals surface area contributed by atoms with Crippen LogP contribution in [0.4, 0.5) is 0 Å². The van der Waals surface area contributed by atoms with Crippen molar-refractivity contribution in [2.75, 3.05) is 13.7 Å². The van der Waals surface area contributed by atoms with Crippen LogP contribution in [-0.4, -0.2) is 19.6 Å². The third-order valence-electron chi connectivity index (χ3n) is 2.77. The zero-order chi connectivity index (χ0) is 12.7. The second-order valence-electron chi connectivity index (χ2n) is 3.91. The van der Waals surface area contributed by atoms with E-state index in [-0.39, 0.29) is 11.8 Å². The fourth-order valence-corrected chi connectivity index (χ4v) is 1.54. The lowest BCUT2D eigenvalue weighted by molar-refractivity contribution is -0.124. The van der Waals surface area contributed by atoms with Crippen molar-refractivity contribution in [3.63, 3.8) is 0 Å². The molecule has 1 aromatic carbocycles. The van der Waals surface area contributed by atoms with Crippen molar-refractivity contribution < 1.29 is 9.53 Å². The third kappa shape index (κ3) is 4.07. The molecule has 0 saturated heterocycles. The van der Waals surface area contributed by atoms with E-state index in [1.807, 2.05) is 31.2 Å². The second kappa shape index (κ2) is 6.91. The van der Waals surface area contributed by atoms with E-state index in [0.717, 1.165) is 17.7 Å². The van der Waals surface area contributed by atoms with Gasteiger partial charge in [-0.15, -0.1) is 0 Å². The first kappa shape index (κ1) is 13.5. The maximum Gasteiger partial charge on any atom is 0.224 e. The molecule has 0 heterocycles. The molecule has 0 aliphatic carbocycles. The molecule has 0 aromatic heterocycles. The number of nitrogens with two attached hydrogens (primary N) is 1. The summed E-state index contributed by atoms with van der Waals surface area (Å²) in [7, 11) is 1.63. The molecule has 3 N–H and O–H groups in total. The summed E-state index contributed by atoms with van der Waals surface area (Å²) < 4.78 is 5.06. The molecular formula is C13H20N2O2. The Kier molecular flexibility index (Phi) is 5.49. The Bertz CT molecular complexity index is 345. The molecule has 4 heteroatoms. The van der Waals surface area contributed by atoms with Crippen LogP contribution in [0.15, 0.2) is 24.3 Å². The monoisotopic (exact) mass is 236 g/mol. The highest BCUT2D eigenvalue weighted by atomic mass is 16.5. The second-order valence-corrected chi connectivity index (χ2v) is 3.91. The summed E-state index contributed by atoms with van der Waals surface area (Å²) in [6.07, 6.45) is 0.769. The SMILES string of the molecule is CCC(CN)C(=O)NCc1ccc(OC)cc1. The predicted octanol–water partition coefficient (Wildman–Crippen LogP) is 1.30. The van der Waals surface area contributed by atoms with Crippen LogP contribution in [0.3, 0.4) is 0 Å². The van der Waals surface area contributed by atoms with E-state index in [2.05, 4.69) is 5.32 Å². The maximum atomic E-state index is 11.7. The van der Waals surface area contributed by atoms with Crippen LogP contribution in [0.2, 0.25) is 0 Å². The average molecular weight is 236 g/mol. The first-order valence-corrected chi connectivity index (χ1v) is 5.82. The van der Waals surface area contributed by atoms with Crippen LogP contribution in [0, 0.1) is 5.92 Å². The topological polar surface area (TPSA) is 64.4 Å². The Morgan fingerprint density at radius 1 is 1.41 bits per heavy atom. The number of carbonyl (C=O) groups is 1. The molecule has 1 unspecified atom stereocenters. The lowest BCUT2D eigenvalue weighted by Crippen LogP contribution is -2.34. The van der Waals surface area contributed by atoms with Gasteiger partial charge in [0.2, 0.25) is 5.91 Å². The van der Waals surface area contributed by atoms with Crippen molar-refractivity contribution in [2.24, 2.45) is 11.7 Å². The van der Waals surface area contributed by atoms with Crippen molar-refractivity contribution in [1.82, 2.24) is 5.32 Å². The highest BCUT2D eigenvalue weighted by Crippen LogP contribution is 2.11. The number of methoxy groups -OCH3 is 1. The van der Waals surface area contributed by atoms with Gasteiger partial charge in [-0.05, 0) is 24.1 Å². The van der Waals surface area contributed by atoms with Crippen LogP contribution in [0.25, 0.3) is 0 Å². The molecule has 0 saturated carbocycles. The first-order valence-electron chi connectivity index (χ1n) is 5.82. The van der Waals surface area contributed by atoms with Crippen molar-refractivity contribution >= 4 is 5.91 Å². The number of amides is 1. The lowest BCUT2D eigenvalue weighted by Gasteiger charge is -2.12. The van der Waals surface area contributed by atoms with Crippen LogP contribution < -0.4 is 15.8 Å². The normalized spacial score (nSPS) is 11.9. The smallest absolute Gasteiger partial charge is 0.224 e. The van der Waals surface area contributed by atoms with E-state index in [1.54, 1.807) is 7.11 Å². The molecule has 0 aliphatic rings. The summed E-state index contributed by atoms with van der Waals surface area (Å²) >= 11 is 0. The number of rotatable bonds is 6. The molecule has 1 aromatic rings. The van der Waals surface area contributed by atoms with Gasteiger partial charge in [-0.25, -0.2) is 0 Å². The van der Waals surface area contributed by atoms with E-state index in [9.17, 15) is 4.79 Å². The zero-order valence-corrected chi connectivity index (χ0v) is 10.4. The summed E-state index contributed by atoms with van der Waals surface area (Å²) in [4.78, 5) is 11.7. The summed E-state index contributed by atoms with van der Waals surface area (Å²) in [5.74, 6) is 0.743. The molecular weight excluding hydrogens is 216 g/mol. The summed E-state index contributed by atoms with van der Waals surface area (Å²) in [6.45, 7) is 2.88. The first-order chi connectivity index (χ1) is 8.21. The number of nitrogens with one attached hydrogen (secondary N) is 1.